The Morgan fingerprint density at radius 2 is 2.32 bits per heavy atom. The molecule has 0 saturated carbocycles. The van der Waals surface area contributed by atoms with Gasteiger partial charge in [0.25, 0.3) is 5.91 Å². The van der Waals surface area contributed by atoms with Crippen molar-refractivity contribution >= 4 is 17.2 Å². The van der Waals surface area contributed by atoms with Gasteiger partial charge in [-0.05, 0) is 59.4 Å². The molecule has 2 aromatic heterocycles. The molecule has 2 aromatic rings. The topological polar surface area (TPSA) is 57.3 Å². The summed E-state index contributed by atoms with van der Waals surface area (Å²) in [6.07, 6.45) is 5.28. The van der Waals surface area contributed by atoms with Crippen LogP contribution in [0.15, 0.2) is 52.6 Å². The molecule has 2 atom stereocenters. The first-order valence-electron chi connectivity index (χ1n) is 8.52. The normalized spacial score (nSPS) is 18.5. The van der Waals surface area contributed by atoms with Crippen molar-refractivity contribution in [1.82, 2.24) is 20.7 Å². The fourth-order valence-electron chi connectivity index (χ4n) is 3.26. The highest BCUT2D eigenvalue weighted by Crippen LogP contribution is 2.24. The van der Waals surface area contributed by atoms with E-state index in [0.29, 0.717) is 5.70 Å². The molecular weight excluding hydrogens is 332 g/mol. The number of carbonyl (C=O) groups excluding carboxylic acids is 1. The number of pyridine rings is 1. The van der Waals surface area contributed by atoms with Crippen LogP contribution in [-0.4, -0.2) is 29.0 Å². The standard InChI is InChI=1S/C19H24N4OS/c1-4-16-13(2)18(23(3)22-16)19(24)21-17(10-14-7-9-25-12-14)15-6-5-8-20-11-15/h5-9,11-12,16-17,22H,4,10H2,1-3H3,(H,21,24). The van der Waals surface area contributed by atoms with Crippen LogP contribution in [0.2, 0.25) is 0 Å². The van der Waals surface area contributed by atoms with Crippen LogP contribution in [-0.2, 0) is 11.2 Å². The lowest BCUT2D eigenvalue weighted by molar-refractivity contribution is -0.119. The lowest BCUT2D eigenvalue weighted by Crippen LogP contribution is -2.39. The zero-order chi connectivity index (χ0) is 17.8. The van der Waals surface area contributed by atoms with E-state index >= 15 is 0 Å². The van der Waals surface area contributed by atoms with Crippen molar-refractivity contribution in [2.24, 2.45) is 0 Å². The second-order valence-electron chi connectivity index (χ2n) is 6.33. The number of nitrogens with one attached hydrogen (secondary N) is 2. The SMILES string of the molecule is CCC1NN(C)C(C(=O)NC(Cc2ccsc2)c2cccnc2)=C1C. The Balaban J connectivity index is 1.82. The average molecular weight is 356 g/mol. The van der Waals surface area contributed by atoms with E-state index in [4.69, 9.17) is 0 Å². The predicted molar refractivity (Wildman–Crippen MR) is 101 cm³/mol. The van der Waals surface area contributed by atoms with Crippen LogP contribution < -0.4 is 10.7 Å². The lowest BCUT2D eigenvalue weighted by Gasteiger charge is -2.22. The first kappa shape index (κ1) is 17.6. The summed E-state index contributed by atoms with van der Waals surface area (Å²) in [5, 5.41) is 9.22. The van der Waals surface area contributed by atoms with Crippen molar-refractivity contribution in [3.8, 4) is 0 Å². The molecule has 0 radical (unpaired) electrons. The monoisotopic (exact) mass is 356 g/mol. The van der Waals surface area contributed by atoms with Crippen LogP contribution >= 0.6 is 11.3 Å². The third kappa shape index (κ3) is 3.91. The summed E-state index contributed by atoms with van der Waals surface area (Å²) in [5.74, 6) is -0.0486. The first-order chi connectivity index (χ1) is 12.1. The van der Waals surface area contributed by atoms with Crippen molar-refractivity contribution in [3.05, 3.63) is 63.7 Å². The van der Waals surface area contributed by atoms with Gasteiger partial charge in [0.2, 0.25) is 0 Å². The molecule has 3 heterocycles. The lowest BCUT2D eigenvalue weighted by atomic mass is 10.0. The van der Waals surface area contributed by atoms with Crippen molar-refractivity contribution in [1.29, 1.82) is 0 Å². The molecule has 3 rings (SSSR count). The van der Waals surface area contributed by atoms with Crippen LogP contribution in [0.1, 0.15) is 37.4 Å². The molecule has 0 aliphatic carbocycles. The van der Waals surface area contributed by atoms with E-state index in [1.165, 1.54) is 5.56 Å². The van der Waals surface area contributed by atoms with Crippen LogP contribution in [0.3, 0.4) is 0 Å². The predicted octanol–water partition coefficient (Wildman–Crippen LogP) is 3.05. The number of thiophene rings is 1. The van der Waals surface area contributed by atoms with Crippen LogP contribution in [0.5, 0.6) is 0 Å². The number of nitrogens with zero attached hydrogens (tertiary/aromatic N) is 2. The molecule has 0 spiro atoms. The molecule has 25 heavy (non-hydrogen) atoms. The van der Waals surface area contributed by atoms with Gasteiger partial charge in [-0.3, -0.25) is 9.78 Å². The molecule has 0 saturated heterocycles. The molecule has 5 nitrogen and oxygen atoms in total. The molecule has 0 bridgehead atoms. The van der Waals surface area contributed by atoms with Crippen LogP contribution in [0.25, 0.3) is 0 Å². The number of rotatable bonds is 6. The van der Waals surface area contributed by atoms with Gasteiger partial charge < -0.3 is 10.3 Å². The zero-order valence-corrected chi connectivity index (χ0v) is 15.6. The van der Waals surface area contributed by atoms with Gasteiger partial charge in [0.15, 0.2) is 0 Å². The Labute approximate surface area is 152 Å². The summed E-state index contributed by atoms with van der Waals surface area (Å²) in [4.78, 5) is 17.2. The van der Waals surface area contributed by atoms with Crippen molar-refractivity contribution in [3.63, 3.8) is 0 Å². The van der Waals surface area contributed by atoms with Gasteiger partial charge in [0, 0.05) is 25.5 Å². The zero-order valence-electron chi connectivity index (χ0n) is 14.8. The summed E-state index contributed by atoms with van der Waals surface area (Å²) in [6, 6.07) is 6.13. The molecule has 0 aromatic carbocycles. The molecule has 0 fully saturated rings. The Hall–Kier alpha value is -2.18. The first-order valence-corrected chi connectivity index (χ1v) is 9.47. The molecule has 132 valence electrons. The maximum atomic E-state index is 13.0. The fourth-order valence-corrected chi connectivity index (χ4v) is 3.94. The quantitative estimate of drug-likeness (QED) is 0.835. The van der Waals surface area contributed by atoms with Crippen molar-refractivity contribution < 1.29 is 4.79 Å². The van der Waals surface area contributed by atoms with Crippen molar-refractivity contribution in [2.75, 3.05) is 7.05 Å². The fraction of sp³-hybridized carbons (Fsp3) is 0.368. The second kappa shape index (κ2) is 7.80. The van der Waals surface area contributed by atoms with E-state index in [1.54, 1.807) is 17.5 Å². The van der Waals surface area contributed by atoms with Crippen LogP contribution in [0, 0.1) is 0 Å². The molecule has 2 unspecified atom stereocenters. The molecular formula is C19H24N4OS. The number of hydrogen-bond acceptors (Lipinski definition) is 5. The van der Waals surface area contributed by atoms with E-state index in [2.05, 4.69) is 39.5 Å². The minimum atomic E-state index is -0.106. The molecule has 1 amide bonds. The van der Waals surface area contributed by atoms with Crippen LogP contribution in [0.4, 0.5) is 0 Å². The number of likely N-dealkylation sites (N-methyl/N-ethyl adjacent to an activating group) is 1. The third-order valence-electron chi connectivity index (χ3n) is 4.62. The smallest absolute Gasteiger partial charge is 0.269 e. The summed E-state index contributed by atoms with van der Waals surface area (Å²) < 4.78 is 0. The number of hydrogen-bond donors (Lipinski definition) is 2. The number of aromatic nitrogens is 1. The molecule has 6 heteroatoms. The van der Waals surface area contributed by atoms with Crippen molar-refractivity contribution in [2.45, 2.75) is 38.8 Å². The summed E-state index contributed by atoms with van der Waals surface area (Å²) >= 11 is 1.67. The Morgan fingerprint density at radius 3 is 2.92 bits per heavy atom. The maximum absolute atomic E-state index is 13.0. The molecule has 1 aliphatic rings. The van der Waals surface area contributed by atoms with E-state index in [-0.39, 0.29) is 18.0 Å². The van der Waals surface area contributed by atoms with Gasteiger partial charge in [0.1, 0.15) is 5.70 Å². The summed E-state index contributed by atoms with van der Waals surface area (Å²) in [7, 11) is 1.89. The van der Waals surface area contributed by atoms with Gasteiger partial charge in [-0.1, -0.05) is 13.0 Å². The Kier molecular flexibility index (Phi) is 5.50. The summed E-state index contributed by atoms with van der Waals surface area (Å²) in [5.41, 5.74) is 7.36. The Morgan fingerprint density at radius 1 is 1.48 bits per heavy atom. The number of carbonyl (C=O) groups is 1. The van der Waals surface area contributed by atoms with Gasteiger partial charge in [-0.25, -0.2) is 5.43 Å². The second-order valence-corrected chi connectivity index (χ2v) is 7.11. The number of amides is 1. The van der Waals surface area contributed by atoms with Gasteiger partial charge in [-0.15, -0.1) is 0 Å². The van der Waals surface area contributed by atoms with Gasteiger partial charge in [0.05, 0.1) is 6.04 Å². The third-order valence-corrected chi connectivity index (χ3v) is 5.35. The summed E-state index contributed by atoms with van der Waals surface area (Å²) in [6.45, 7) is 4.14. The highest BCUT2D eigenvalue weighted by Gasteiger charge is 2.30. The minimum Gasteiger partial charge on any atom is -0.344 e. The molecule has 2 N–H and O–H groups in total. The van der Waals surface area contributed by atoms with E-state index in [9.17, 15) is 4.79 Å². The Bertz CT molecular complexity index is 742. The van der Waals surface area contributed by atoms with Gasteiger partial charge in [-0.2, -0.15) is 11.3 Å². The average Bonchev–Trinajstić information content (AvgIpc) is 3.22. The minimum absolute atomic E-state index is 0.0486. The van der Waals surface area contributed by atoms with E-state index in [1.807, 2.05) is 37.3 Å². The largest absolute Gasteiger partial charge is 0.344 e. The maximum Gasteiger partial charge on any atom is 0.269 e. The highest BCUT2D eigenvalue weighted by atomic mass is 32.1. The highest BCUT2D eigenvalue weighted by molar-refractivity contribution is 7.07. The molecule has 1 aliphatic heterocycles. The van der Waals surface area contributed by atoms with E-state index < -0.39 is 0 Å². The van der Waals surface area contributed by atoms with E-state index in [0.717, 1.165) is 24.0 Å². The number of hydrazine groups is 1. The van der Waals surface area contributed by atoms with Gasteiger partial charge >= 0.3 is 0 Å².